The van der Waals surface area contributed by atoms with E-state index in [0.29, 0.717) is 18.0 Å². The SMILES string of the molecule is COc1cc(C)nc(COc2cccc(N)c2Br)c1. The Kier molecular flexibility index (Phi) is 4.27. The molecule has 0 bridgehead atoms. The number of nitrogen functional groups attached to an aromatic ring is 1. The zero-order chi connectivity index (χ0) is 13.8. The predicted octanol–water partition coefficient (Wildman–Crippen LogP) is 3.32. The van der Waals surface area contributed by atoms with Gasteiger partial charge in [-0.15, -0.1) is 0 Å². The van der Waals surface area contributed by atoms with Crippen molar-refractivity contribution in [1.82, 2.24) is 4.98 Å². The zero-order valence-corrected chi connectivity index (χ0v) is 12.4. The molecule has 0 atom stereocenters. The average Bonchev–Trinajstić information content (AvgIpc) is 2.40. The van der Waals surface area contributed by atoms with Gasteiger partial charge in [0.2, 0.25) is 0 Å². The Bertz CT molecular complexity index is 588. The second-order valence-electron chi connectivity index (χ2n) is 4.09. The Morgan fingerprint density at radius 1 is 1.32 bits per heavy atom. The Morgan fingerprint density at radius 3 is 2.84 bits per heavy atom. The minimum Gasteiger partial charge on any atom is -0.497 e. The van der Waals surface area contributed by atoms with Crippen LogP contribution in [0.5, 0.6) is 11.5 Å². The molecule has 0 spiro atoms. The number of methoxy groups -OCH3 is 1. The molecule has 0 saturated heterocycles. The first-order chi connectivity index (χ1) is 9.10. The maximum atomic E-state index is 5.80. The highest BCUT2D eigenvalue weighted by Crippen LogP contribution is 2.30. The number of ether oxygens (including phenoxy) is 2. The summed E-state index contributed by atoms with van der Waals surface area (Å²) in [5, 5.41) is 0. The highest BCUT2D eigenvalue weighted by Gasteiger charge is 2.06. The van der Waals surface area contributed by atoms with Gasteiger partial charge in [0.15, 0.2) is 0 Å². The summed E-state index contributed by atoms with van der Waals surface area (Å²) in [6.45, 7) is 2.28. The number of rotatable bonds is 4. The summed E-state index contributed by atoms with van der Waals surface area (Å²) in [7, 11) is 1.63. The Labute approximate surface area is 120 Å². The van der Waals surface area contributed by atoms with Gasteiger partial charge in [-0.1, -0.05) is 6.07 Å². The number of aryl methyl sites for hydroxylation is 1. The molecule has 2 aromatic rings. The molecule has 0 unspecified atom stereocenters. The van der Waals surface area contributed by atoms with Crippen molar-refractivity contribution in [1.29, 1.82) is 0 Å². The van der Waals surface area contributed by atoms with Gasteiger partial charge >= 0.3 is 0 Å². The molecule has 0 amide bonds. The van der Waals surface area contributed by atoms with Gasteiger partial charge in [-0.25, -0.2) is 0 Å². The number of pyridine rings is 1. The molecule has 0 aliphatic rings. The number of nitrogens with zero attached hydrogens (tertiary/aromatic N) is 1. The lowest BCUT2D eigenvalue weighted by Gasteiger charge is -2.10. The topological polar surface area (TPSA) is 57.4 Å². The molecule has 0 aliphatic heterocycles. The minimum atomic E-state index is 0.361. The van der Waals surface area contributed by atoms with Crippen molar-refractivity contribution in [2.45, 2.75) is 13.5 Å². The lowest BCUT2D eigenvalue weighted by atomic mass is 10.3. The number of halogens is 1. The van der Waals surface area contributed by atoms with Crippen molar-refractivity contribution in [2.75, 3.05) is 12.8 Å². The van der Waals surface area contributed by atoms with Crippen LogP contribution in [0.25, 0.3) is 0 Å². The lowest BCUT2D eigenvalue weighted by molar-refractivity contribution is 0.298. The van der Waals surface area contributed by atoms with E-state index in [9.17, 15) is 0 Å². The largest absolute Gasteiger partial charge is 0.497 e. The summed E-state index contributed by atoms with van der Waals surface area (Å²) in [6, 6.07) is 9.24. The molecule has 2 N–H and O–H groups in total. The predicted molar refractivity (Wildman–Crippen MR) is 78.4 cm³/mol. The molecule has 19 heavy (non-hydrogen) atoms. The number of nitrogens with two attached hydrogens (primary N) is 1. The van der Waals surface area contributed by atoms with Gasteiger partial charge in [-0.3, -0.25) is 4.98 Å². The van der Waals surface area contributed by atoms with Crippen molar-refractivity contribution in [3.8, 4) is 11.5 Å². The Balaban J connectivity index is 2.14. The second-order valence-corrected chi connectivity index (χ2v) is 4.88. The molecule has 1 aromatic carbocycles. The van der Waals surface area contributed by atoms with Crippen LogP contribution in [-0.4, -0.2) is 12.1 Å². The van der Waals surface area contributed by atoms with E-state index in [0.717, 1.165) is 21.6 Å². The van der Waals surface area contributed by atoms with Gasteiger partial charge in [0, 0.05) is 23.5 Å². The van der Waals surface area contributed by atoms with Crippen LogP contribution in [-0.2, 0) is 6.61 Å². The van der Waals surface area contributed by atoms with Crippen LogP contribution in [0.2, 0.25) is 0 Å². The summed E-state index contributed by atoms with van der Waals surface area (Å²) in [5.74, 6) is 1.47. The minimum absolute atomic E-state index is 0.361. The van der Waals surface area contributed by atoms with E-state index in [1.165, 1.54) is 0 Å². The number of hydrogen-bond acceptors (Lipinski definition) is 4. The van der Waals surface area contributed by atoms with Crippen LogP contribution in [0.15, 0.2) is 34.8 Å². The summed E-state index contributed by atoms with van der Waals surface area (Å²) >= 11 is 3.40. The quantitative estimate of drug-likeness (QED) is 0.877. The Hall–Kier alpha value is -1.75. The van der Waals surface area contributed by atoms with Gasteiger partial charge in [-0.05, 0) is 35.0 Å². The molecule has 100 valence electrons. The van der Waals surface area contributed by atoms with E-state index >= 15 is 0 Å². The third-order valence-electron chi connectivity index (χ3n) is 2.58. The maximum Gasteiger partial charge on any atom is 0.136 e. The van der Waals surface area contributed by atoms with Crippen LogP contribution in [0.1, 0.15) is 11.4 Å². The molecule has 0 aliphatic carbocycles. The van der Waals surface area contributed by atoms with E-state index in [1.54, 1.807) is 7.11 Å². The zero-order valence-electron chi connectivity index (χ0n) is 10.8. The first-order valence-corrected chi connectivity index (χ1v) is 6.58. The molecule has 0 fully saturated rings. The summed E-state index contributed by atoms with van der Waals surface area (Å²) < 4.78 is 11.7. The van der Waals surface area contributed by atoms with E-state index in [1.807, 2.05) is 37.3 Å². The molecular formula is C14H15BrN2O2. The third kappa shape index (κ3) is 3.38. The van der Waals surface area contributed by atoms with Gasteiger partial charge in [0.05, 0.1) is 17.3 Å². The lowest BCUT2D eigenvalue weighted by Crippen LogP contribution is -2.01. The molecule has 4 nitrogen and oxygen atoms in total. The first-order valence-electron chi connectivity index (χ1n) is 5.78. The molecule has 0 radical (unpaired) electrons. The van der Waals surface area contributed by atoms with Crippen molar-refractivity contribution in [3.05, 3.63) is 46.2 Å². The van der Waals surface area contributed by atoms with E-state index in [2.05, 4.69) is 20.9 Å². The van der Waals surface area contributed by atoms with Gasteiger partial charge < -0.3 is 15.2 Å². The highest BCUT2D eigenvalue weighted by molar-refractivity contribution is 9.10. The van der Waals surface area contributed by atoms with Crippen molar-refractivity contribution in [2.24, 2.45) is 0 Å². The fourth-order valence-electron chi connectivity index (χ4n) is 1.69. The third-order valence-corrected chi connectivity index (χ3v) is 3.43. The van der Waals surface area contributed by atoms with E-state index in [-0.39, 0.29) is 0 Å². The molecular weight excluding hydrogens is 308 g/mol. The van der Waals surface area contributed by atoms with Gasteiger partial charge in [0.1, 0.15) is 18.1 Å². The van der Waals surface area contributed by atoms with Crippen molar-refractivity contribution in [3.63, 3.8) is 0 Å². The highest BCUT2D eigenvalue weighted by atomic mass is 79.9. The molecule has 5 heteroatoms. The molecule has 2 rings (SSSR count). The van der Waals surface area contributed by atoms with Crippen LogP contribution in [0, 0.1) is 6.92 Å². The molecule has 1 aromatic heterocycles. The summed E-state index contributed by atoms with van der Waals surface area (Å²) in [6.07, 6.45) is 0. The Morgan fingerprint density at radius 2 is 2.11 bits per heavy atom. The maximum absolute atomic E-state index is 5.80. The smallest absolute Gasteiger partial charge is 0.136 e. The molecule has 0 saturated carbocycles. The van der Waals surface area contributed by atoms with E-state index < -0.39 is 0 Å². The van der Waals surface area contributed by atoms with Crippen LogP contribution in [0.4, 0.5) is 5.69 Å². The number of hydrogen-bond donors (Lipinski definition) is 1. The van der Waals surface area contributed by atoms with Crippen LogP contribution < -0.4 is 15.2 Å². The average molecular weight is 323 g/mol. The van der Waals surface area contributed by atoms with E-state index in [4.69, 9.17) is 15.2 Å². The number of aromatic nitrogens is 1. The van der Waals surface area contributed by atoms with Crippen molar-refractivity contribution >= 4 is 21.6 Å². The van der Waals surface area contributed by atoms with Crippen LogP contribution >= 0.6 is 15.9 Å². The number of anilines is 1. The first kappa shape index (κ1) is 13.7. The standard InChI is InChI=1S/C14H15BrN2O2/c1-9-6-11(18-2)7-10(17-9)8-19-13-5-3-4-12(16)14(13)15/h3-7H,8,16H2,1-2H3. The molecule has 1 heterocycles. The monoisotopic (exact) mass is 322 g/mol. The summed E-state index contributed by atoms with van der Waals surface area (Å²) in [4.78, 5) is 4.40. The summed E-state index contributed by atoms with van der Waals surface area (Å²) in [5.41, 5.74) is 8.15. The van der Waals surface area contributed by atoms with Crippen molar-refractivity contribution < 1.29 is 9.47 Å². The fraction of sp³-hybridized carbons (Fsp3) is 0.214. The fourth-order valence-corrected chi connectivity index (χ4v) is 2.06. The van der Waals surface area contributed by atoms with Gasteiger partial charge in [-0.2, -0.15) is 0 Å². The second kappa shape index (κ2) is 5.93. The number of benzene rings is 1. The normalized spacial score (nSPS) is 10.3. The van der Waals surface area contributed by atoms with Gasteiger partial charge in [0.25, 0.3) is 0 Å². The van der Waals surface area contributed by atoms with Crippen LogP contribution in [0.3, 0.4) is 0 Å².